The minimum Gasteiger partial charge on any atom is -0.381 e. The summed E-state index contributed by atoms with van der Waals surface area (Å²) < 4.78 is 5.34. The van der Waals surface area contributed by atoms with Crippen LogP contribution >= 0.6 is 0 Å². The van der Waals surface area contributed by atoms with Crippen LogP contribution in [0.3, 0.4) is 0 Å². The number of rotatable bonds is 6. The van der Waals surface area contributed by atoms with Crippen LogP contribution in [-0.2, 0) is 9.53 Å². The Hall–Kier alpha value is -0.610. The van der Waals surface area contributed by atoms with Crippen LogP contribution in [0.25, 0.3) is 0 Å². The summed E-state index contributed by atoms with van der Waals surface area (Å²) in [6.45, 7) is 6.45. The summed E-state index contributed by atoms with van der Waals surface area (Å²) >= 11 is 0. The zero-order valence-electron chi connectivity index (χ0n) is 11.5. The smallest absolute Gasteiger partial charge is 0.228 e. The van der Waals surface area contributed by atoms with Gasteiger partial charge in [0.1, 0.15) is 0 Å². The summed E-state index contributed by atoms with van der Waals surface area (Å²) in [7, 11) is 0. The van der Waals surface area contributed by atoms with Gasteiger partial charge in [-0.25, -0.2) is 0 Å². The van der Waals surface area contributed by atoms with Gasteiger partial charge in [-0.3, -0.25) is 4.79 Å². The van der Waals surface area contributed by atoms with E-state index in [2.05, 4.69) is 17.1 Å². The normalized spacial score (nSPS) is 27.6. The van der Waals surface area contributed by atoms with Gasteiger partial charge in [0, 0.05) is 25.7 Å². The van der Waals surface area contributed by atoms with Crippen molar-refractivity contribution >= 4 is 5.91 Å². The number of hydrogen-bond donors (Lipinski definition) is 1. The van der Waals surface area contributed by atoms with E-state index in [1.54, 1.807) is 0 Å². The van der Waals surface area contributed by atoms with Gasteiger partial charge in [0.25, 0.3) is 0 Å². The second kappa shape index (κ2) is 7.10. The van der Waals surface area contributed by atoms with Crippen LogP contribution in [0.15, 0.2) is 0 Å². The predicted molar refractivity (Wildman–Crippen MR) is 71.4 cm³/mol. The van der Waals surface area contributed by atoms with Crippen molar-refractivity contribution in [3.63, 3.8) is 0 Å². The summed E-state index contributed by atoms with van der Waals surface area (Å²) in [5.74, 6) is 0.429. The number of unbranched alkanes of at least 4 members (excludes halogenated alkanes) is 1. The Kier molecular flexibility index (Phi) is 5.45. The monoisotopic (exact) mass is 254 g/mol. The number of carbonyl (C=O) groups excluding carboxylic acids is 1. The molecule has 0 spiro atoms. The van der Waals surface area contributed by atoms with Gasteiger partial charge >= 0.3 is 0 Å². The largest absolute Gasteiger partial charge is 0.381 e. The highest BCUT2D eigenvalue weighted by molar-refractivity contribution is 5.79. The number of nitrogens with one attached hydrogen (secondary N) is 1. The van der Waals surface area contributed by atoms with Crippen LogP contribution < -0.4 is 5.32 Å². The SMILES string of the molecule is CCCCN(CC1CCCN1)C(=O)C1CCOC1. The summed E-state index contributed by atoms with van der Waals surface area (Å²) in [4.78, 5) is 14.5. The lowest BCUT2D eigenvalue weighted by Crippen LogP contribution is -2.44. The Labute approximate surface area is 110 Å². The van der Waals surface area contributed by atoms with E-state index in [4.69, 9.17) is 4.74 Å². The van der Waals surface area contributed by atoms with Crippen LogP contribution in [0.4, 0.5) is 0 Å². The highest BCUT2D eigenvalue weighted by Crippen LogP contribution is 2.17. The van der Waals surface area contributed by atoms with Gasteiger partial charge in [-0.1, -0.05) is 13.3 Å². The van der Waals surface area contributed by atoms with Crippen molar-refractivity contribution < 1.29 is 9.53 Å². The van der Waals surface area contributed by atoms with Gasteiger partial charge in [0.15, 0.2) is 0 Å². The van der Waals surface area contributed by atoms with E-state index >= 15 is 0 Å². The molecule has 1 N–H and O–H groups in total. The Morgan fingerprint density at radius 3 is 2.94 bits per heavy atom. The zero-order valence-corrected chi connectivity index (χ0v) is 11.5. The summed E-state index contributed by atoms with van der Waals surface area (Å²) in [6, 6.07) is 0.508. The number of carbonyl (C=O) groups is 1. The lowest BCUT2D eigenvalue weighted by molar-refractivity contribution is -0.135. The van der Waals surface area contributed by atoms with Crippen LogP contribution in [-0.4, -0.2) is 49.7 Å². The molecule has 2 aliphatic heterocycles. The fourth-order valence-corrected chi connectivity index (χ4v) is 2.81. The first-order valence-corrected chi connectivity index (χ1v) is 7.41. The highest BCUT2D eigenvalue weighted by Gasteiger charge is 2.29. The molecule has 2 fully saturated rings. The van der Waals surface area contributed by atoms with E-state index in [0.717, 1.165) is 45.5 Å². The lowest BCUT2D eigenvalue weighted by Gasteiger charge is -2.28. The molecule has 1 amide bonds. The quantitative estimate of drug-likeness (QED) is 0.779. The number of hydrogen-bond acceptors (Lipinski definition) is 3. The van der Waals surface area contributed by atoms with Crippen LogP contribution in [0, 0.1) is 5.92 Å². The van der Waals surface area contributed by atoms with E-state index in [0.29, 0.717) is 18.6 Å². The molecule has 0 aromatic carbocycles. The molecule has 4 nitrogen and oxygen atoms in total. The molecule has 0 aliphatic carbocycles. The number of nitrogens with zero attached hydrogens (tertiary/aromatic N) is 1. The van der Waals surface area contributed by atoms with Crippen LogP contribution in [0.5, 0.6) is 0 Å². The first kappa shape index (κ1) is 13.8. The molecule has 0 bridgehead atoms. The Bertz CT molecular complexity index is 259. The molecule has 18 heavy (non-hydrogen) atoms. The maximum atomic E-state index is 12.5. The topological polar surface area (TPSA) is 41.6 Å². The molecule has 2 saturated heterocycles. The number of amides is 1. The maximum Gasteiger partial charge on any atom is 0.228 e. The second-order valence-electron chi connectivity index (χ2n) is 5.49. The van der Waals surface area contributed by atoms with Gasteiger partial charge in [0.05, 0.1) is 12.5 Å². The third-order valence-electron chi connectivity index (χ3n) is 3.98. The second-order valence-corrected chi connectivity index (χ2v) is 5.49. The maximum absolute atomic E-state index is 12.5. The van der Waals surface area contributed by atoms with E-state index in [1.165, 1.54) is 12.8 Å². The Balaban J connectivity index is 1.87. The first-order chi connectivity index (χ1) is 8.81. The lowest BCUT2D eigenvalue weighted by atomic mass is 10.1. The third-order valence-corrected chi connectivity index (χ3v) is 3.98. The Morgan fingerprint density at radius 2 is 2.33 bits per heavy atom. The molecule has 2 atom stereocenters. The number of ether oxygens (including phenoxy) is 1. The molecule has 0 radical (unpaired) electrons. The molecule has 2 aliphatic rings. The van der Waals surface area contributed by atoms with Crippen molar-refractivity contribution in [1.29, 1.82) is 0 Å². The van der Waals surface area contributed by atoms with Crippen molar-refractivity contribution in [3.05, 3.63) is 0 Å². The van der Waals surface area contributed by atoms with E-state index in [-0.39, 0.29) is 5.92 Å². The molecule has 4 heteroatoms. The first-order valence-electron chi connectivity index (χ1n) is 7.41. The van der Waals surface area contributed by atoms with Gasteiger partial charge in [-0.2, -0.15) is 0 Å². The molecule has 0 aromatic heterocycles. The van der Waals surface area contributed by atoms with Gasteiger partial charge in [0.2, 0.25) is 5.91 Å². The molecule has 0 saturated carbocycles. The fourth-order valence-electron chi connectivity index (χ4n) is 2.81. The summed E-state index contributed by atoms with van der Waals surface area (Å²) in [6.07, 6.45) is 5.60. The Morgan fingerprint density at radius 1 is 1.44 bits per heavy atom. The predicted octanol–water partition coefficient (Wildman–Crippen LogP) is 1.40. The van der Waals surface area contributed by atoms with Crippen LogP contribution in [0.2, 0.25) is 0 Å². The van der Waals surface area contributed by atoms with Crippen molar-refractivity contribution in [3.8, 4) is 0 Å². The van der Waals surface area contributed by atoms with Gasteiger partial charge in [-0.15, -0.1) is 0 Å². The van der Waals surface area contributed by atoms with Crippen molar-refractivity contribution in [2.75, 3.05) is 32.8 Å². The minimum absolute atomic E-state index is 0.114. The van der Waals surface area contributed by atoms with Crippen molar-refractivity contribution in [2.45, 2.75) is 45.1 Å². The standard InChI is InChI=1S/C14H26N2O2/c1-2-3-8-16(10-13-5-4-7-15-13)14(17)12-6-9-18-11-12/h12-13,15H,2-11H2,1H3. The van der Waals surface area contributed by atoms with E-state index in [9.17, 15) is 4.79 Å². The molecular weight excluding hydrogens is 228 g/mol. The fraction of sp³-hybridized carbons (Fsp3) is 0.929. The zero-order chi connectivity index (χ0) is 12.8. The van der Waals surface area contributed by atoms with Crippen LogP contribution in [0.1, 0.15) is 39.0 Å². The minimum atomic E-state index is 0.114. The molecule has 0 aromatic rings. The molecular formula is C14H26N2O2. The average molecular weight is 254 g/mol. The molecule has 2 rings (SSSR count). The summed E-state index contributed by atoms with van der Waals surface area (Å²) in [5, 5.41) is 3.48. The van der Waals surface area contributed by atoms with Crippen molar-refractivity contribution in [1.82, 2.24) is 10.2 Å². The summed E-state index contributed by atoms with van der Waals surface area (Å²) in [5.41, 5.74) is 0. The molecule has 2 unspecified atom stereocenters. The van der Waals surface area contributed by atoms with Crippen molar-refractivity contribution in [2.24, 2.45) is 5.92 Å². The van der Waals surface area contributed by atoms with E-state index in [1.807, 2.05) is 0 Å². The van der Waals surface area contributed by atoms with Gasteiger partial charge in [-0.05, 0) is 32.2 Å². The molecule has 104 valence electrons. The molecule has 2 heterocycles. The third kappa shape index (κ3) is 3.69. The van der Waals surface area contributed by atoms with E-state index < -0.39 is 0 Å². The average Bonchev–Trinajstić information content (AvgIpc) is 3.06. The highest BCUT2D eigenvalue weighted by atomic mass is 16.5. The van der Waals surface area contributed by atoms with Gasteiger partial charge < -0.3 is 15.0 Å².